The molecule has 5 heteroatoms. The SMILES string of the molecule is CC[C@@H](C(=O)S)N(C)C(=O)OC(C)(C)c1ccc(-c2ccccc2)cc1. The number of amides is 1. The molecule has 0 saturated heterocycles. The predicted octanol–water partition coefficient (Wildman–Crippen LogP) is 4.89. The molecule has 2 aromatic carbocycles. The molecule has 138 valence electrons. The Balaban J connectivity index is 2.14. The van der Waals surface area contributed by atoms with Crippen molar-refractivity contribution in [1.82, 2.24) is 4.90 Å². The zero-order valence-electron chi connectivity index (χ0n) is 15.6. The Hall–Kier alpha value is -2.27. The molecule has 0 unspecified atom stereocenters. The molecule has 2 aromatic rings. The first-order valence-corrected chi connectivity index (χ1v) is 9.05. The summed E-state index contributed by atoms with van der Waals surface area (Å²) in [6, 6.07) is 17.4. The largest absolute Gasteiger partial charge is 0.438 e. The van der Waals surface area contributed by atoms with E-state index < -0.39 is 17.7 Å². The van der Waals surface area contributed by atoms with E-state index in [4.69, 9.17) is 4.74 Å². The standard InChI is InChI=1S/C21H25NO3S/c1-5-18(19(23)26)22(4)20(24)25-21(2,3)17-13-11-16(12-14-17)15-9-7-6-8-10-15/h6-14,18H,5H2,1-4H3,(H,23,26)/t18-/m0/s1. The van der Waals surface area contributed by atoms with Gasteiger partial charge >= 0.3 is 6.09 Å². The maximum atomic E-state index is 12.4. The van der Waals surface area contributed by atoms with Gasteiger partial charge < -0.3 is 9.64 Å². The molecule has 1 amide bonds. The Morgan fingerprint density at radius 1 is 1.04 bits per heavy atom. The van der Waals surface area contributed by atoms with Crippen molar-refractivity contribution in [2.75, 3.05) is 7.05 Å². The van der Waals surface area contributed by atoms with Crippen LogP contribution in [0.15, 0.2) is 54.6 Å². The topological polar surface area (TPSA) is 46.6 Å². The number of ether oxygens (including phenoxy) is 1. The Morgan fingerprint density at radius 2 is 1.58 bits per heavy atom. The molecule has 4 nitrogen and oxygen atoms in total. The molecule has 0 aromatic heterocycles. The maximum absolute atomic E-state index is 12.4. The van der Waals surface area contributed by atoms with Gasteiger partial charge in [0.05, 0.1) is 0 Å². The van der Waals surface area contributed by atoms with E-state index in [2.05, 4.69) is 24.8 Å². The van der Waals surface area contributed by atoms with Crippen molar-refractivity contribution in [2.45, 2.75) is 38.8 Å². The molecule has 0 radical (unpaired) electrons. The highest BCUT2D eigenvalue weighted by atomic mass is 32.1. The van der Waals surface area contributed by atoms with Crippen molar-refractivity contribution in [3.05, 3.63) is 60.2 Å². The van der Waals surface area contributed by atoms with Crippen LogP contribution in [0, 0.1) is 0 Å². The molecule has 26 heavy (non-hydrogen) atoms. The van der Waals surface area contributed by atoms with Crippen molar-refractivity contribution in [1.29, 1.82) is 0 Å². The molecule has 0 aliphatic carbocycles. The Labute approximate surface area is 160 Å². The fourth-order valence-corrected chi connectivity index (χ4v) is 3.14. The molecule has 0 N–H and O–H groups in total. The van der Waals surface area contributed by atoms with Gasteiger partial charge in [0.2, 0.25) is 5.12 Å². The number of thiol groups is 1. The fourth-order valence-electron chi connectivity index (χ4n) is 2.79. The van der Waals surface area contributed by atoms with Gasteiger partial charge in [-0.3, -0.25) is 4.79 Å². The number of nitrogens with zero attached hydrogens (tertiary/aromatic N) is 1. The predicted molar refractivity (Wildman–Crippen MR) is 107 cm³/mol. The highest BCUT2D eigenvalue weighted by molar-refractivity contribution is 7.96. The molecule has 2 rings (SSSR count). The average molecular weight is 372 g/mol. The molecule has 0 saturated carbocycles. The summed E-state index contributed by atoms with van der Waals surface area (Å²) >= 11 is 3.85. The zero-order chi connectivity index (χ0) is 19.3. The lowest BCUT2D eigenvalue weighted by molar-refractivity contribution is -0.115. The van der Waals surface area contributed by atoms with Gasteiger partial charge in [-0.25, -0.2) is 4.79 Å². The van der Waals surface area contributed by atoms with E-state index in [-0.39, 0.29) is 5.12 Å². The van der Waals surface area contributed by atoms with Crippen LogP contribution in [0.25, 0.3) is 11.1 Å². The molecule has 0 fully saturated rings. The van der Waals surface area contributed by atoms with Gasteiger partial charge in [0.15, 0.2) is 0 Å². The van der Waals surface area contributed by atoms with Gasteiger partial charge in [0.1, 0.15) is 11.6 Å². The molecule has 0 heterocycles. The van der Waals surface area contributed by atoms with Crippen LogP contribution in [-0.2, 0) is 15.1 Å². The van der Waals surface area contributed by atoms with Crippen molar-refractivity contribution >= 4 is 23.8 Å². The van der Waals surface area contributed by atoms with Crippen LogP contribution in [0.3, 0.4) is 0 Å². The summed E-state index contributed by atoms with van der Waals surface area (Å²) in [6.07, 6.45) is -0.0588. The second kappa shape index (κ2) is 8.41. The minimum atomic E-state index is -0.821. The molecule has 0 bridgehead atoms. The summed E-state index contributed by atoms with van der Waals surface area (Å²) in [5.41, 5.74) is 2.29. The summed E-state index contributed by atoms with van der Waals surface area (Å²) < 4.78 is 5.67. The minimum Gasteiger partial charge on any atom is -0.438 e. The number of hydrogen-bond donors (Lipinski definition) is 1. The first-order chi connectivity index (χ1) is 12.3. The Kier molecular flexibility index (Phi) is 6.48. The fraction of sp³-hybridized carbons (Fsp3) is 0.333. The van der Waals surface area contributed by atoms with E-state index in [9.17, 15) is 9.59 Å². The van der Waals surface area contributed by atoms with Crippen molar-refractivity contribution in [2.24, 2.45) is 0 Å². The number of carbonyl (C=O) groups excluding carboxylic acids is 2. The number of carbonyl (C=O) groups is 2. The average Bonchev–Trinajstić information content (AvgIpc) is 2.62. The van der Waals surface area contributed by atoms with E-state index in [1.54, 1.807) is 7.05 Å². The highest BCUT2D eigenvalue weighted by Gasteiger charge is 2.30. The number of benzene rings is 2. The summed E-state index contributed by atoms with van der Waals surface area (Å²) in [4.78, 5) is 25.3. The van der Waals surface area contributed by atoms with Crippen LogP contribution in [0.4, 0.5) is 4.79 Å². The maximum Gasteiger partial charge on any atom is 0.411 e. The monoisotopic (exact) mass is 371 g/mol. The lowest BCUT2D eigenvalue weighted by atomic mass is 9.95. The van der Waals surface area contributed by atoms with Gasteiger partial charge in [-0.1, -0.05) is 61.5 Å². The normalized spacial score (nSPS) is 12.3. The van der Waals surface area contributed by atoms with Crippen LogP contribution >= 0.6 is 12.6 Å². The lowest BCUT2D eigenvalue weighted by Gasteiger charge is -2.31. The van der Waals surface area contributed by atoms with E-state index in [1.807, 2.05) is 63.2 Å². The van der Waals surface area contributed by atoms with Crippen molar-refractivity contribution in [3.63, 3.8) is 0 Å². The van der Waals surface area contributed by atoms with E-state index in [0.717, 1.165) is 16.7 Å². The Morgan fingerprint density at radius 3 is 2.08 bits per heavy atom. The second-order valence-corrected chi connectivity index (χ2v) is 7.14. The van der Waals surface area contributed by atoms with Gasteiger partial charge in [0.25, 0.3) is 0 Å². The molecule has 1 atom stereocenters. The van der Waals surface area contributed by atoms with Crippen LogP contribution in [-0.4, -0.2) is 29.2 Å². The number of hydrogen-bond acceptors (Lipinski definition) is 3. The molecule has 0 spiro atoms. The van der Waals surface area contributed by atoms with Gasteiger partial charge in [-0.15, -0.1) is 12.6 Å². The molecule has 0 aliphatic heterocycles. The number of rotatable bonds is 6. The Bertz CT molecular complexity index is 757. The van der Waals surface area contributed by atoms with Gasteiger partial charge in [-0.05, 0) is 37.0 Å². The van der Waals surface area contributed by atoms with Gasteiger partial charge in [0, 0.05) is 7.05 Å². The van der Waals surface area contributed by atoms with Gasteiger partial charge in [-0.2, -0.15) is 0 Å². The smallest absolute Gasteiger partial charge is 0.411 e. The number of likely N-dealkylation sites (N-methyl/N-ethyl adjacent to an activating group) is 1. The summed E-state index contributed by atoms with van der Waals surface area (Å²) in [7, 11) is 1.55. The lowest BCUT2D eigenvalue weighted by Crippen LogP contribution is -2.43. The van der Waals surface area contributed by atoms with Crippen LogP contribution in [0.1, 0.15) is 32.8 Å². The zero-order valence-corrected chi connectivity index (χ0v) is 16.5. The van der Waals surface area contributed by atoms with Crippen LogP contribution in [0.2, 0.25) is 0 Å². The van der Waals surface area contributed by atoms with Crippen LogP contribution in [0.5, 0.6) is 0 Å². The van der Waals surface area contributed by atoms with Crippen molar-refractivity contribution in [3.8, 4) is 11.1 Å². The van der Waals surface area contributed by atoms with E-state index in [0.29, 0.717) is 6.42 Å². The first kappa shape index (κ1) is 20.0. The molecular weight excluding hydrogens is 346 g/mol. The third-order valence-corrected chi connectivity index (χ3v) is 4.75. The summed E-state index contributed by atoms with van der Waals surface area (Å²) in [6.45, 7) is 5.50. The minimum absolute atomic E-state index is 0.350. The third-order valence-electron chi connectivity index (χ3n) is 4.46. The van der Waals surface area contributed by atoms with Crippen LogP contribution < -0.4 is 0 Å². The summed E-state index contributed by atoms with van der Waals surface area (Å²) in [5, 5.41) is -0.350. The quantitative estimate of drug-likeness (QED) is 0.735. The molecular formula is C21H25NO3S. The van der Waals surface area contributed by atoms with E-state index in [1.165, 1.54) is 4.90 Å². The summed E-state index contributed by atoms with van der Waals surface area (Å²) in [5.74, 6) is 0. The third kappa shape index (κ3) is 4.67. The van der Waals surface area contributed by atoms with E-state index >= 15 is 0 Å². The van der Waals surface area contributed by atoms with Crippen molar-refractivity contribution < 1.29 is 14.3 Å². The highest BCUT2D eigenvalue weighted by Crippen LogP contribution is 2.28. The second-order valence-electron chi connectivity index (χ2n) is 6.69. The molecule has 0 aliphatic rings. The first-order valence-electron chi connectivity index (χ1n) is 8.61.